The molecule has 8 heteroatoms. The molecule has 1 fully saturated rings. The number of methoxy groups -OCH3 is 2. The normalized spacial score (nSPS) is 15.8. The number of carbonyl (C=O) groups excluding carboxylic acids is 1. The lowest BCUT2D eigenvalue weighted by Crippen LogP contribution is -2.39. The number of benzene rings is 1. The Bertz CT molecular complexity index is 740. The van der Waals surface area contributed by atoms with Crippen molar-refractivity contribution >= 4 is 21.6 Å². The van der Waals surface area contributed by atoms with Gasteiger partial charge in [0, 0.05) is 26.2 Å². The molecule has 140 valence electrons. The summed E-state index contributed by atoms with van der Waals surface area (Å²) < 4.78 is 35.7. The second kappa shape index (κ2) is 7.51. The maximum atomic E-state index is 13.0. The monoisotopic (exact) mass is 370 g/mol. The largest absolute Gasteiger partial charge is 0.493 e. The van der Waals surface area contributed by atoms with Crippen LogP contribution in [0.1, 0.15) is 30.1 Å². The van der Waals surface area contributed by atoms with Gasteiger partial charge in [-0.1, -0.05) is 6.92 Å². The van der Waals surface area contributed by atoms with Gasteiger partial charge in [-0.25, -0.2) is 8.42 Å². The molecule has 1 amide bonds. The van der Waals surface area contributed by atoms with Crippen molar-refractivity contribution in [2.24, 2.45) is 5.92 Å². The van der Waals surface area contributed by atoms with Gasteiger partial charge in [0.1, 0.15) is 0 Å². The highest BCUT2D eigenvalue weighted by Crippen LogP contribution is 2.36. The number of nitrogens with zero attached hydrogens (tertiary/aromatic N) is 2. The molecular weight excluding hydrogens is 344 g/mol. The molecule has 1 aromatic rings. The van der Waals surface area contributed by atoms with Crippen LogP contribution in [0.4, 0.5) is 5.69 Å². The number of hydrogen-bond donors (Lipinski definition) is 0. The number of ether oxygens (including phenoxy) is 2. The molecule has 0 N–H and O–H groups in total. The zero-order valence-corrected chi connectivity index (χ0v) is 16.2. The fraction of sp³-hybridized carbons (Fsp3) is 0.588. The van der Waals surface area contributed by atoms with E-state index in [0.717, 1.165) is 23.4 Å². The third-order valence-corrected chi connectivity index (χ3v) is 5.83. The van der Waals surface area contributed by atoms with E-state index in [9.17, 15) is 13.2 Å². The van der Waals surface area contributed by atoms with Gasteiger partial charge in [0.2, 0.25) is 10.0 Å². The summed E-state index contributed by atoms with van der Waals surface area (Å²) in [6.45, 7) is 3.49. The van der Waals surface area contributed by atoms with Crippen LogP contribution in [0.15, 0.2) is 12.1 Å². The first-order chi connectivity index (χ1) is 11.7. The van der Waals surface area contributed by atoms with Crippen molar-refractivity contribution in [2.75, 3.05) is 44.9 Å². The van der Waals surface area contributed by atoms with Crippen LogP contribution >= 0.6 is 0 Å². The lowest BCUT2D eigenvalue weighted by molar-refractivity contribution is 0.0697. The average Bonchev–Trinajstić information content (AvgIpc) is 2.59. The second-order valence-electron chi connectivity index (χ2n) is 6.43. The van der Waals surface area contributed by atoms with Crippen LogP contribution < -0.4 is 13.8 Å². The minimum Gasteiger partial charge on any atom is -0.493 e. The lowest BCUT2D eigenvalue weighted by atomic mass is 9.98. The van der Waals surface area contributed by atoms with Gasteiger partial charge in [-0.15, -0.1) is 0 Å². The van der Waals surface area contributed by atoms with Gasteiger partial charge in [-0.3, -0.25) is 9.10 Å². The highest BCUT2D eigenvalue weighted by Gasteiger charge is 2.28. The summed E-state index contributed by atoms with van der Waals surface area (Å²) in [6.07, 6.45) is 2.98. The number of anilines is 1. The predicted molar refractivity (Wildman–Crippen MR) is 97.1 cm³/mol. The van der Waals surface area contributed by atoms with Gasteiger partial charge in [-0.05, 0) is 24.8 Å². The summed E-state index contributed by atoms with van der Waals surface area (Å²) in [5.74, 6) is 1.16. The van der Waals surface area contributed by atoms with Gasteiger partial charge in [0.15, 0.2) is 11.5 Å². The summed E-state index contributed by atoms with van der Waals surface area (Å²) in [7, 11) is 0.841. The van der Waals surface area contributed by atoms with Crippen molar-refractivity contribution in [3.05, 3.63) is 17.7 Å². The van der Waals surface area contributed by atoms with Crippen molar-refractivity contribution in [1.82, 2.24) is 4.90 Å². The van der Waals surface area contributed by atoms with E-state index in [1.807, 2.05) is 0 Å². The third-order valence-electron chi connectivity index (χ3n) is 4.64. The Morgan fingerprint density at radius 3 is 2.16 bits per heavy atom. The molecule has 0 aliphatic carbocycles. The number of sulfonamides is 1. The predicted octanol–water partition coefficient (Wildman–Crippen LogP) is 1.97. The summed E-state index contributed by atoms with van der Waals surface area (Å²) in [4.78, 5) is 14.8. The van der Waals surface area contributed by atoms with Crippen LogP contribution in [0.25, 0.3) is 0 Å². The SMILES string of the molecule is COc1cc(C(=O)N2CCC(C)CC2)c(N(C)S(C)(=O)=O)cc1OC. The molecule has 1 aliphatic rings. The molecule has 25 heavy (non-hydrogen) atoms. The smallest absolute Gasteiger partial charge is 0.256 e. The van der Waals surface area contributed by atoms with E-state index in [1.54, 1.807) is 11.0 Å². The van der Waals surface area contributed by atoms with E-state index in [0.29, 0.717) is 36.1 Å². The average molecular weight is 370 g/mol. The lowest BCUT2D eigenvalue weighted by Gasteiger charge is -2.31. The maximum Gasteiger partial charge on any atom is 0.256 e. The molecular formula is C17H26N2O5S. The second-order valence-corrected chi connectivity index (χ2v) is 8.44. The van der Waals surface area contributed by atoms with E-state index in [1.165, 1.54) is 27.3 Å². The van der Waals surface area contributed by atoms with E-state index in [2.05, 4.69) is 6.92 Å². The summed E-state index contributed by atoms with van der Waals surface area (Å²) in [5, 5.41) is 0. The van der Waals surface area contributed by atoms with Gasteiger partial charge < -0.3 is 14.4 Å². The van der Waals surface area contributed by atoms with E-state index in [4.69, 9.17) is 9.47 Å². The first-order valence-electron chi connectivity index (χ1n) is 8.18. The van der Waals surface area contributed by atoms with Crippen molar-refractivity contribution in [3.63, 3.8) is 0 Å². The minimum atomic E-state index is -3.53. The number of hydrogen-bond acceptors (Lipinski definition) is 5. The van der Waals surface area contributed by atoms with E-state index < -0.39 is 10.0 Å². The standard InChI is InChI=1S/C17H26N2O5S/c1-12-6-8-19(9-7-12)17(20)13-10-15(23-3)16(24-4)11-14(13)18(2)25(5,21)22/h10-12H,6-9H2,1-5H3. The Hall–Kier alpha value is -1.96. The topological polar surface area (TPSA) is 76.2 Å². The molecule has 1 aromatic carbocycles. The van der Waals surface area contributed by atoms with Crippen molar-refractivity contribution in [2.45, 2.75) is 19.8 Å². The van der Waals surface area contributed by atoms with Crippen LogP contribution in [0.3, 0.4) is 0 Å². The Balaban J connectivity index is 2.51. The van der Waals surface area contributed by atoms with Gasteiger partial charge in [0.25, 0.3) is 5.91 Å². The Morgan fingerprint density at radius 2 is 1.68 bits per heavy atom. The van der Waals surface area contributed by atoms with E-state index >= 15 is 0 Å². The van der Waals surface area contributed by atoms with Crippen LogP contribution in [0.2, 0.25) is 0 Å². The Kier molecular flexibility index (Phi) is 5.82. The number of carbonyl (C=O) groups is 1. The van der Waals surface area contributed by atoms with Crippen LogP contribution in [-0.2, 0) is 10.0 Å². The summed E-state index contributed by atoms with van der Waals surface area (Å²) in [5.41, 5.74) is 0.573. The zero-order chi connectivity index (χ0) is 18.8. The number of likely N-dealkylation sites (tertiary alicyclic amines) is 1. The zero-order valence-electron chi connectivity index (χ0n) is 15.4. The minimum absolute atomic E-state index is 0.196. The Morgan fingerprint density at radius 1 is 1.16 bits per heavy atom. The first-order valence-corrected chi connectivity index (χ1v) is 10.0. The third kappa shape index (κ3) is 4.18. The van der Waals surface area contributed by atoms with Gasteiger partial charge in [-0.2, -0.15) is 0 Å². The van der Waals surface area contributed by atoms with Crippen LogP contribution in [0, 0.1) is 5.92 Å². The molecule has 1 aliphatic heterocycles. The van der Waals surface area contributed by atoms with Crippen molar-refractivity contribution in [1.29, 1.82) is 0 Å². The molecule has 0 spiro atoms. The number of rotatable bonds is 5. The van der Waals surface area contributed by atoms with Crippen LogP contribution in [0.5, 0.6) is 11.5 Å². The van der Waals surface area contributed by atoms with Gasteiger partial charge in [0.05, 0.1) is 31.7 Å². The quantitative estimate of drug-likeness (QED) is 0.792. The molecule has 0 saturated carbocycles. The molecule has 7 nitrogen and oxygen atoms in total. The van der Waals surface area contributed by atoms with Crippen LogP contribution in [-0.4, -0.2) is 59.8 Å². The maximum absolute atomic E-state index is 13.0. The Labute approximate surface area is 149 Å². The summed E-state index contributed by atoms with van der Waals surface area (Å²) >= 11 is 0. The fourth-order valence-corrected chi connectivity index (χ4v) is 3.37. The molecule has 1 saturated heterocycles. The highest BCUT2D eigenvalue weighted by molar-refractivity contribution is 7.92. The molecule has 0 atom stereocenters. The molecule has 2 rings (SSSR count). The highest BCUT2D eigenvalue weighted by atomic mass is 32.2. The summed E-state index contributed by atoms with van der Waals surface area (Å²) in [6, 6.07) is 3.08. The molecule has 0 aromatic heterocycles. The van der Waals surface area contributed by atoms with E-state index in [-0.39, 0.29) is 11.6 Å². The molecule has 0 bridgehead atoms. The van der Waals surface area contributed by atoms with Gasteiger partial charge >= 0.3 is 0 Å². The van der Waals surface area contributed by atoms with Crippen molar-refractivity contribution < 1.29 is 22.7 Å². The first kappa shape index (κ1) is 19.4. The molecule has 0 unspecified atom stereocenters. The number of amides is 1. The number of piperidine rings is 1. The van der Waals surface area contributed by atoms with Crippen molar-refractivity contribution in [3.8, 4) is 11.5 Å². The molecule has 0 radical (unpaired) electrons. The molecule has 1 heterocycles. The fourth-order valence-electron chi connectivity index (χ4n) is 2.86.